The van der Waals surface area contributed by atoms with Crippen molar-refractivity contribution >= 4 is 22.6 Å². The summed E-state index contributed by atoms with van der Waals surface area (Å²) < 4.78 is 5.84. The number of aliphatic hydroxyl groups is 1. The molecule has 6 nitrogen and oxygen atoms in total. The average Bonchev–Trinajstić information content (AvgIpc) is 3.17. The summed E-state index contributed by atoms with van der Waals surface area (Å²) in [7, 11) is 0. The molecular weight excluding hydrogens is 354 g/mol. The van der Waals surface area contributed by atoms with Crippen LogP contribution in [0.25, 0.3) is 10.9 Å². The molecule has 1 amide bonds. The third kappa shape index (κ3) is 4.02. The lowest BCUT2D eigenvalue weighted by Crippen LogP contribution is -2.13. The number of hydrogen-bond acceptors (Lipinski definition) is 4. The highest BCUT2D eigenvalue weighted by Crippen LogP contribution is 2.23. The number of carbonyl (C=O) groups is 1. The number of benzene rings is 2. The molecule has 4 rings (SSSR count). The van der Waals surface area contributed by atoms with Crippen LogP contribution in [0.15, 0.2) is 72.9 Å². The van der Waals surface area contributed by atoms with E-state index in [2.05, 4.69) is 15.3 Å². The number of carbonyl (C=O) groups excluding carboxylic acids is 1. The molecule has 2 aromatic heterocycles. The molecule has 0 bridgehead atoms. The van der Waals surface area contributed by atoms with Crippen molar-refractivity contribution < 1.29 is 14.6 Å². The van der Waals surface area contributed by atoms with E-state index in [1.165, 1.54) is 6.20 Å². The SMILES string of the molecule is O=C(Nc1ccc(CO)cn1)c1cc2cc(OCc3ccccc3)ccc2[nH]1. The molecule has 0 aliphatic carbocycles. The highest BCUT2D eigenvalue weighted by molar-refractivity contribution is 6.05. The molecule has 6 heteroatoms. The Hall–Kier alpha value is -3.64. The smallest absolute Gasteiger partial charge is 0.273 e. The first kappa shape index (κ1) is 17.8. The van der Waals surface area contributed by atoms with Crippen LogP contribution in [0, 0.1) is 0 Å². The van der Waals surface area contributed by atoms with Crippen molar-refractivity contribution in [3.05, 3.63) is 89.7 Å². The van der Waals surface area contributed by atoms with Crippen LogP contribution in [0.3, 0.4) is 0 Å². The molecule has 0 spiro atoms. The fraction of sp³-hybridized carbons (Fsp3) is 0.0909. The maximum atomic E-state index is 12.5. The van der Waals surface area contributed by atoms with Gasteiger partial charge in [-0.2, -0.15) is 0 Å². The zero-order chi connectivity index (χ0) is 19.3. The summed E-state index contributed by atoms with van der Waals surface area (Å²) in [5, 5.41) is 12.7. The van der Waals surface area contributed by atoms with Gasteiger partial charge in [-0.15, -0.1) is 0 Å². The number of fused-ring (bicyclic) bond motifs is 1. The van der Waals surface area contributed by atoms with E-state index in [1.807, 2.05) is 48.5 Å². The molecule has 3 N–H and O–H groups in total. The van der Waals surface area contributed by atoms with E-state index in [1.54, 1.807) is 18.2 Å². The van der Waals surface area contributed by atoms with Gasteiger partial charge in [0, 0.05) is 17.1 Å². The molecule has 0 atom stereocenters. The highest BCUT2D eigenvalue weighted by Gasteiger charge is 2.11. The Labute approximate surface area is 161 Å². The number of H-pyrrole nitrogens is 1. The van der Waals surface area contributed by atoms with E-state index in [4.69, 9.17) is 9.84 Å². The first-order valence-electron chi connectivity index (χ1n) is 8.88. The quantitative estimate of drug-likeness (QED) is 0.479. The second-order valence-corrected chi connectivity index (χ2v) is 6.37. The molecule has 2 heterocycles. The molecular formula is C22H19N3O3. The van der Waals surface area contributed by atoms with Crippen LogP contribution in [0.2, 0.25) is 0 Å². The predicted octanol–water partition coefficient (Wildman–Crippen LogP) is 3.89. The van der Waals surface area contributed by atoms with Crippen LogP contribution in [0.4, 0.5) is 5.82 Å². The van der Waals surface area contributed by atoms with E-state index in [0.717, 1.165) is 22.2 Å². The lowest BCUT2D eigenvalue weighted by molar-refractivity contribution is 0.102. The number of anilines is 1. The number of ether oxygens (including phenoxy) is 1. The van der Waals surface area contributed by atoms with Gasteiger partial charge in [-0.25, -0.2) is 4.98 Å². The Kier molecular flexibility index (Phi) is 5.03. The first-order chi connectivity index (χ1) is 13.7. The monoisotopic (exact) mass is 373 g/mol. The van der Waals surface area contributed by atoms with Gasteiger partial charge in [0.2, 0.25) is 0 Å². The molecule has 140 valence electrons. The van der Waals surface area contributed by atoms with Gasteiger partial charge in [-0.3, -0.25) is 4.79 Å². The second-order valence-electron chi connectivity index (χ2n) is 6.37. The lowest BCUT2D eigenvalue weighted by atomic mass is 10.2. The third-order valence-corrected chi connectivity index (χ3v) is 4.33. The summed E-state index contributed by atoms with van der Waals surface area (Å²) in [5.41, 5.74) is 3.06. The maximum absolute atomic E-state index is 12.5. The van der Waals surface area contributed by atoms with Gasteiger partial charge in [-0.1, -0.05) is 36.4 Å². The zero-order valence-corrected chi connectivity index (χ0v) is 15.1. The van der Waals surface area contributed by atoms with Gasteiger partial charge >= 0.3 is 0 Å². The summed E-state index contributed by atoms with van der Waals surface area (Å²) in [6, 6.07) is 20.8. The van der Waals surface area contributed by atoms with E-state index in [0.29, 0.717) is 23.7 Å². The molecule has 0 fully saturated rings. The van der Waals surface area contributed by atoms with Crippen molar-refractivity contribution in [3.63, 3.8) is 0 Å². The van der Waals surface area contributed by atoms with E-state index >= 15 is 0 Å². The number of aromatic amines is 1. The first-order valence-corrected chi connectivity index (χ1v) is 8.88. The minimum Gasteiger partial charge on any atom is -0.489 e. The molecule has 2 aromatic carbocycles. The van der Waals surface area contributed by atoms with Gasteiger partial charge in [-0.05, 0) is 41.5 Å². The summed E-state index contributed by atoms with van der Waals surface area (Å²) in [6.07, 6.45) is 1.52. The Balaban J connectivity index is 1.46. The second kappa shape index (κ2) is 7.94. The number of rotatable bonds is 6. The van der Waals surface area contributed by atoms with Gasteiger partial charge in [0.05, 0.1) is 6.61 Å². The molecule has 0 aliphatic heterocycles. The van der Waals surface area contributed by atoms with Crippen molar-refractivity contribution in [2.75, 3.05) is 5.32 Å². The number of aliphatic hydroxyl groups excluding tert-OH is 1. The fourth-order valence-corrected chi connectivity index (χ4v) is 2.84. The number of nitrogens with one attached hydrogen (secondary N) is 2. The largest absolute Gasteiger partial charge is 0.489 e. The van der Waals surface area contributed by atoms with Crippen LogP contribution in [-0.4, -0.2) is 21.0 Å². The van der Waals surface area contributed by atoms with Gasteiger partial charge in [0.25, 0.3) is 5.91 Å². The van der Waals surface area contributed by atoms with Gasteiger partial charge < -0.3 is 20.1 Å². The highest BCUT2D eigenvalue weighted by atomic mass is 16.5. The molecule has 4 aromatic rings. The average molecular weight is 373 g/mol. The van der Waals surface area contributed by atoms with E-state index in [-0.39, 0.29) is 12.5 Å². The van der Waals surface area contributed by atoms with E-state index in [9.17, 15) is 4.79 Å². The van der Waals surface area contributed by atoms with E-state index < -0.39 is 0 Å². The zero-order valence-electron chi connectivity index (χ0n) is 15.1. The topological polar surface area (TPSA) is 87.2 Å². The number of amides is 1. The summed E-state index contributed by atoms with van der Waals surface area (Å²) >= 11 is 0. The van der Waals surface area contributed by atoms with Gasteiger partial charge in [0.15, 0.2) is 0 Å². The fourth-order valence-electron chi connectivity index (χ4n) is 2.84. The number of hydrogen-bond donors (Lipinski definition) is 3. The minimum atomic E-state index is -0.285. The summed E-state index contributed by atoms with van der Waals surface area (Å²) in [4.78, 5) is 19.7. The Bertz CT molecular complexity index is 1090. The molecule has 0 saturated heterocycles. The van der Waals surface area contributed by atoms with Crippen LogP contribution in [-0.2, 0) is 13.2 Å². The Morgan fingerprint density at radius 3 is 2.64 bits per heavy atom. The molecule has 0 saturated carbocycles. The van der Waals surface area contributed by atoms with Crippen molar-refractivity contribution in [1.82, 2.24) is 9.97 Å². The van der Waals surface area contributed by atoms with Crippen molar-refractivity contribution in [3.8, 4) is 5.75 Å². The predicted molar refractivity (Wildman–Crippen MR) is 107 cm³/mol. The Morgan fingerprint density at radius 2 is 1.89 bits per heavy atom. The van der Waals surface area contributed by atoms with Crippen molar-refractivity contribution in [2.45, 2.75) is 13.2 Å². The van der Waals surface area contributed by atoms with Crippen LogP contribution < -0.4 is 10.1 Å². The Morgan fingerprint density at radius 1 is 1.04 bits per heavy atom. The summed E-state index contributed by atoms with van der Waals surface area (Å²) in [5.74, 6) is 0.878. The van der Waals surface area contributed by atoms with Crippen LogP contribution in [0.1, 0.15) is 21.6 Å². The van der Waals surface area contributed by atoms with Crippen LogP contribution >= 0.6 is 0 Å². The molecule has 28 heavy (non-hydrogen) atoms. The molecule has 0 aliphatic rings. The van der Waals surface area contributed by atoms with Gasteiger partial charge in [0.1, 0.15) is 23.9 Å². The maximum Gasteiger partial charge on any atom is 0.273 e. The summed E-state index contributed by atoms with van der Waals surface area (Å²) in [6.45, 7) is 0.400. The minimum absolute atomic E-state index is 0.0854. The van der Waals surface area contributed by atoms with Crippen molar-refractivity contribution in [2.24, 2.45) is 0 Å². The number of pyridine rings is 1. The van der Waals surface area contributed by atoms with Crippen LogP contribution in [0.5, 0.6) is 5.75 Å². The number of aromatic nitrogens is 2. The molecule has 0 radical (unpaired) electrons. The third-order valence-electron chi connectivity index (χ3n) is 4.33. The lowest BCUT2D eigenvalue weighted by Gasteiger charge is -2.06. The molecule has 0 unspecified atom stereocenters. The number of nitrogens with zero attached hydrogens (tertiary/aromatic N) is 1. The standard InChI is InChI=1S/C22H19N3O3/c26-13-16-6-9-21(23-12-16)25-22(27)20-11-17-10-18(7-8-19(17)24-20)28-14-15-4-2-1-3-5-15/h1-12,24,26H,13-14H2,(H,23,25,27). The van der Waals surface area contributed by atoms with Crippen molar-refractivity contribution in [1.29, 1.82) is 0 Å². The normalized spacial score (nSPS) is 10.8.